The van der Waals surface area contributed by atoms with Gasteiger partial charge in [0.1, 0.15) is 0 Å². The SMILES string of the molecule is O=C1CC=c2cc(Cl)ccc2=N1. The zero-order valence-electron chi connectivity index (χ0n) is 6.25. The zero-order chi connectivity index (χ0) is 8.55. The molecule has 60 valence electrons. The van der Waals surface area contributed by atoms with Gasteiger partial charge in [-0.1, -0.05) is 17.7 Å². The van der Waals surface area contributed by atoms with Crippen molar-refractivity contribution in [2.45, 2.75) is 6.42 Å². The lowest BCUT2D eigenvalue weighted by atomic mass is 10.2. The van der Waals surface area contributed by atoms with Crippen molar-refractivity contribution in [2.24, 2.45) is 4.99 Å². The van der Waals surface area contributed by atoms with E-state index in [0.717, 1.165) is 10.6 Å². The van der Waals surface area contributed by atoms with E-state index in [2.05, 4.69) is 4.99 Å². The van der Waals surface area contributed by atoms with Gasteiger partial charge in [0.15, 0.2) is 0 Å². The van der Waals surface area contributed by atoms with E-state index in [-0.39, 0.29) is 5.91 Å². The van der Waals surface area contributed by atoms with Crippen LogP contribution in [-0.2, 0) is 4.79 Å². The summed E-state index contributed by atoms with van der Waals surface area (Å²) in [7, 11) is 0. The van der Waals surface area contributed by atoms with Crippen molar-refractivity contribution in [2.75, 3.05) is 0 Å². The number of hydrogen-bond acceptors (Lipinski definition) is 1. The summed E-state index contributed by atoms with van der Waals surface area (Å²) < 4.78 is 0. The number of rotatable bonds is 0. The first-order valence-electron chi connectivity index (χ1n) is 3.63. The van der Waals surface area contributed by atoms with E-state index in [9.17, 15) is 4.79 Å². The Morgan fingerprint density at radius 1 is 1.42 bits per heavy atom. The third-order valence-electron chi connectivity index (χ3n) is 1.73. The molecule has 0 spiro atoms. The summed E-state index contributed by atoms with van der Waals surface area (Å²) in [6.45, 7) is 0. The molecular weight excluding hydrogens is 174 g/mol. The van der Waals surface area contributed by atoms with Gasteiger partial charge in [0.2, 0.25) is 5.91 Å². The zero-order valence-corrected chi connectivity index (χ0v) is 7.01. The van der Waals surface area contributed by atoms with E-state index in [0.29, 0.717) is 11.4 Å². The fourth-order valence-electron chi connectivity index (χ4n) is 1.17. The summed E-state index contributed by atoms with van der Waals surface area (Å²) >= 11 is 5.77. The molecule has 0 saturated carbocycles. The lowest BCUT2D eigenvalue weighted by Gasteiger charge is -1.97. The Bertz CT molecular complexity index is 450. The van der Waals surface area contributed by atoms with Gasteiger partial charge in [-0.05, 0) is 23.4 Å². The van der Waals surface area contributed by atoms with Crippen LogP contribution in [0.15, 0.2) is 23.2 Å². The molecule has 1 aliphatic heterocycles. The monoisotopic (exact) mass is 179 g/mol. The Balaban J connectivity index is 2.79. The minimum atomic E-state index is -0.0928. The van der Waals surface area contributed by atoms with Crippen LogP contribution in [0.1, 0.15) is 6.42 Å². The minimum Gasteiger partial charge on any atom is -0.272 e. The predicted molar refractivity (Wildman–Crippen MR) is 46.3 cm³/mol. The average Bonchev–Trinajstić information content (AvgIpc) is 2.05. The summed E-state index contributed by atoms with van der Waals surface area (Å²) in [6.07, 6.45) is 2.23. The molecule has 2 rings (SSSR count). The van der Waals surface area contributed by atoms with Crippen LogP contribution in [0.5, 0.6) is 0 Å². The standard InChI is InChI=1S/C9H6ClNO/c10-7-2-3-8-6(5-7)1-4-9(12)11-8/h1-3,5H,4H2. The first-order chi connectivity index (χ1) is 5.75. The molecular formula is C9H6ClNO. The van der Waals surface area contributed by atoms with Gasteiger partial charge in [0.05, 0.1) is 5.36 Å². The lowest BCUT2D eigenvalue weighted by Crippen LogP contribution is -2.29. The summed E-state index contributed by atoms with van der Waals surface area (Å²) in [6, 6.07) is 5.30. The molecule has 2 nitrogen and oxygen atoms in total. The Hall–Kier alpha value is -1.15. The fraction of sp³-hybridized carbons (Fsp3) is 0.111. The number of fused-ring (bicyclic) bond motifs is 1. The highest BCUT2D eigenvalue weighted by Gasteiger charge is 2.01. The summed E-state index contributed by atoms with van der Waals surface area (Å²) in [4.78, 5) is 14.7. The van der Waals surface area contributed by atoms with E-state index in [4.69, 9.17) is 11.6 Å². The Morgan fingerprint density at radius 3 is 3.08 bits per heavy atom. The smallest absolute Gasteiger partial charge is 0.250 e. The summed E-state index contributed by atoms with van der Waals surface area (Å²) in [5.41, 5.74) is 0. The van der Waals surface area contributed by atoms with E-state index in [1.54, 1.807) is 12.1 Å². The molecule has 3 heteroatoms. The van der Waals surface area contributed by atoms with Gasteiger partial charge in [-0.2, -0.15) is 0 Å². The van der Waals surface area contributed by atoms with Crippen LogP contribution in [0.25, 0.3) is 6.08 Å². The number of carbonyl (C=O) groups is 1. The Kier molecular flexibility index (Phi) is 1.70. The molecule has 1 heterocycles. The number of nitrogens with zero attached hydrogens (tertiary/aromatic N) is 1. The molecule has 1 aliphatic rings. The van der Waals surface area contributed by atoms with Crippen molar-refractivity contribution in [3.63, 3.8) is 0 Å². The number of carbonyl (C=O) groups excluding carboxylic acids is 1. The average molecular weight is 180 g/mol. The first-order valence-corrected chi connectivity index (χ1v) is 4.01. The van der Waals surface area contributed by atoms with Crippen LogP contribution in [0, 0.1) is 0 Å². The Morgan fingerprint density at radius 2 is 2.25 bits per heavy atom. The van der Waals surface area contributed by atoms with Gasteiger partial charge in [0, 0.05) is 11.4 Å². The van der Waals surface area contributed by atoms with Crippen molar-refractivity contribution in [3.05, 3.63) is 33.8 Å². The fourth-order valence-corrected chi connectivity index (χ4v) is 1.35. The molecule has 0 aromatic heterocycles. The first kappa shape index (κ1) is 7.50. The lowest BCUT2D eigenvalue weighted by molar-refractivity contribution is -0.117. The molecule has 1 aromatic rings. The maximum atomic E-state index is 10.9. The van der Waals surface area contributed by atoms with Crippen molar-refractivity contribution in [1.82, 2.24) is 0 Å². The van der Waals surface area contributed by atoms with E-state index < -0.39 is 0 Å². The Labute approximate surface area is 74.2 Å². The molecule has 0 atom stereocenters. The van der Waals surface area contributed by atoms with Crippen LogP contribution in [-0.4, -0.2) is 5.91 Å². The highest BCUT2D eigenvalue weighted by molar-refractivity contribution is 6.30. The van der Waals surface area contributed by atoms with E-state index >= 15 is 0 Å². The van der Waals surface area contributed by atoms with Gasteiger partial charge in [0.25, 0.3) is 0 Å². The second-order valence-corrected chi connectivity index (χ2v) is 3.05. The van der Waals surface area contributed by atoms with Gasteiger partial charge in [-0.25, -0.2) is 4.99 Å². The van der Waals surface area contributed by atoms with Gasteiger partial charge in [-0.15, -0.1) is 0 Å². The van der Waals surface area contributed by atoms with E-state index in [1.165, 1.54) is 0 Å². The number of amides is 1. The topological polar surface area (TPSA) is 29.4 Å². The quantitative estimate of drug-likeness (QED) is 0.576. The highest BCUT2D eigenvalue weighted by atomic mass is 35.5. The molecule has 0 unspecified atom stereocenters. The van der Waals surface area contributed by atoms with Crippen molar-refractivity contribution in [3.8, 4) is 0 Å². The second-order valence-electron chi connectivity index (χ2n) is 2.62. The number of benzene rings is 1. The third kappa shape index (κ3) is 1.25. The van der Waals surface area contributed by atoms with Gasteiger partial charge >= 0.3 is 0 Å². The summed E-state index contributed by atoms with van der Waals surface area (Å²) in [5, 5.41) is 2.34. The van der Waals surface area contributed by atoms with Crippen LogP contribution in [0.3, 0.4) is 0 Å². The molecule has 0 fully saturated rings. The molecule has 1 amide bonds. The van der Waals surface area contributed by atoms with Crippen LogP contribution in [0.4, 0.5) is 0 Å². The molecule has 0 bridgehead atoms. The van der Waals surface area contributed by atoms with Crippen molar-refractivity contribution in [1.29, 1.82) is 0 Å². The number of halogens is 1. The van der Waals surface area contributed by atoms with Gasteiger partial charge in [-0.3, -0.25) is 4.79 Å². The van der Waals surface area contributed by atoms with Crippen LogP contribution < -0.4 is 10.6 Å². The molecule has 0 N–H and O–H groups in total. The third-order valence-corrected chi connectivity index (χ3v) is 1.97. The van der Waals surface area contributed by atoms with Crippen LogP contribution >= 0.6 is 11.6 Å². The highest BCUT2D eigenvalue weighted by Crippen LogP contribution is 2.01. The van der Waals surface area contributed by atoms with Crippen molar-refractivity contribution < 1.29 is 4.79 Å². The second kappa shape index (κ2) is 2.72. The van der Waals surface area contributed by atoms with E-state index in [1.807, 2.05) is 12.1 Å². The summed E-state index contributed by atoms with van der Waals surface area (Å²) in [5.74, 6) is -0.0928. The number of hydrogen-bond donors (Lipinski definition) is 0. The van der Waals surface area contributed by atoms with Gasteiger partial charge < -0.3 is 0 Å². The van der Waals surface area contributed by atoms with Crippen molar-refractivity contribution >= 4 is 23.6 Å². The van der Waals surface area contributed by atoms with Crippen LogP contribution in [0.2, 0.25) is 5.02 Å². The largest absolute Gasteiger partial charge is 0.272 e. The molecule has 12 heavy (non-hydrogen) atoms. The molecule has 0 radical (unpaired) electrons. The normalized spacial score (nSPS) is 14.6. The molecule has 0 aliphatic carbocycles. The minimum absolute atomic E-state index is 0.0928. The molecule has 1 aromatic carbocycles. The maximum absolute atomic E-state index is 10.9. The molecule has 0 saturated heterocycles. The predicted octanol–water partition coefficient (Wildman–Crippen LogP) is 0.670. The maximum Gasteiger partial charge on any atom is 0.250 e.